The lowest BCUT2D eigenvalue weighted by Crippen LogP contribution is -2.36. The van der Waals surface area contributed by atoms with Crippen molar-refractivity contribution in [2.75, 3.05) is 10.6 Å². The molecule has 0 aliphatic rings. The number of sulfonamides is 1. The SMILES string of the molecule is CCC(=O)N(c1cc(-c2nnc(C(F)(F)C(F)(F)F)n2C)c(Cl)cc1Cl)S(C)(=O)=O. The summed E-state index contributed by atoms with van der Waals surface area (Å²) in [5, 5.41) is 5.73. The molecule has 0 saturated heterocycles. The highest BCUT2D eigenvalue weighted by molar-refractivity contribution is 7.92. The fourth-order valence-corrected chi connectivity index (χ4v) is 4.08. The average molecular weight is 495 g/mol. The first kappa shape index (κ1) is 24.3. The van der Waals surface area contributed by atoms with Crippen LogP contribution >= 0.6 is 23.2 Å². The maximum absolute atomic E-state index is 13.7. The Kier molecular flexibility index (Phi) is 6.42. The minimum Gasteiger partial charge on any atom is -0.309 e. The van der Waals surface area contributed by atoms with Gasteiger partial charge in [0, 0.05) is 19.0 Å². The summed E-state index contributed by atoms with van der Waals surface area (Å²) in [4.78, 5) is 12.2. The molecule has 1 aromatic carbocycles. The van der Waals surface area contributed by atoms with E-state index in [9.17, 15) is 35.2 Å². The van der Waals surface area contributed by atoms with E-state index in [-0.39, 0.29) is 27.7 Å². The van der Waals surface area contributed by atoms with Gasteiger partial charge in [-0.25, -0.2) is 12.7 Å². The molecule has 0 bridgehead atoms. The Morgan fingerprint density at radius 1 is 1.13 bits per heavy atom. The minimum absolute atomic E-state index is 0.229. The first-order chi connectivity index (χ1) is 13.5. The molecule has 2 aromatic rings. The molecular formula is C15H13Cl2F5N4O3S. The Bertz CT molecular complexity index is 1100. The quantitative estimate of drug-likeness (QED) is 0.583. The topological polar surface area (TPSA) is 85.2 Å². The molecular weight excluding hydrogens is 482 g/mol. The van der Waals surface area contributed by atoms with Crippen LogP contribution in [-0.2, 0) is 27.8 Å². The van der Waals surface area contributed by atoms with Gasteiger partial charge in [-0.05, 0) is 12.1 Å². The second-order valence-electron chi connectivity index (χ2n) is 6.04. The van der Waals surface area contributed by atoms with Crippen molar-refractivity contribution < 1.29 is 35.2 Å². The van der Waals surface area contributed by atoms with Crippen molar-refractivity contribution in [1.82, 2.24) is 14.8 Å². The van der Waals surface area contributed by atoms with E-state index in [0.717, 1.165) is 25.4 Å². The summed E-state index contributed by atoms with van der Waals surface area (Å²) < 4.78 is 90.4. The van der Waals surface area contributed by atoms with Crippen molar-refractivity contribution in [3.63, 3.8) is 0 Å². The highest BCUT2D eigenvalue weighted by Gasteiger charge is 2.62. The minimum atomic E-state index is -5.93. The lowest BCUT2D eigenvalue weighted by molar-refractivity contribution is -0.293. The van der Waals surface area contributed by atoms with Gasteiger partial charge in [-0.1, -0.05) is 30.1 Å². The molecule has 0 saturated carbocycles. The molecule has 0 aliphatic carbocycles. The van der Waals surface area contributed by atoms with Crippen molar-refractivity contribution >= 4 is 44.8 Å². The Labute approximate surface area is 177 Å². The molecule has 0 atom stereocenters. The molecule has 0 fully saturated rings. The van der Waals surface area contributed by atoms with E-state index in [0.29, 0.717) is 8.87 Å². The molecule has 30 heavy (non-hydrogen) atoms. The molecule has 0 spiro atoms. The third-order valence-electron chi connectivity index (χ3n) is 3.87. The van der Waals surface area contributed by atoms with Crippen LogP contribution in [0.2, 0.25) is 10.0 Å². The third-order valence-corrected chi connectivity index (χ3v) is 5.55. The summed E-state index contributed by atoms with van der Waals surface area (Å²) in [6.45, 7) is 1.39. The first-order valence-corrected chi connectivity index (χ1v) is 10.5. The zero-order valence-corrected chi connectivity index (χ0v) is 17.8. The zero-order chi connectivity index (χ0) is 23.2. The van der Waals surface area contributed by atoms with Gasteiger partial charge in [0.15, 0.2) is 5.82 Å². The molecule has 0 radical (unpaired) electrons. The second-order valence-corrected chi connectivity index (χ2v) is 8.68. The van der Waals surface area contributed by atoms with Crippen molar-refractivity contribution in [2.45, 2.75) is 25.4 Å². The summed E-state index contributed by atoms with van der Waals surface area (Å²) in [6.07, 6.45) is -5.43. The number of rotatable bonds is 5. The maximum atomic E-state index is 13.7. The fourth-order valence-electron chi connectivity index (χ4n) is 2.47. The molecule has 0 N–H and O–H groups in total. The maximum Gasteiger partial charge on any atom is 0.461 e. The van der Waals surface area contributed by atoms with Crippen molar-refractivity contribution in [3.8, 4) is 11.4 Å². The van der Waals surface area contributed by atoms with Crippen LogP contribution in [-0.4, -0.2) is 41.5 Å². The molecule has 0 aliphatic heterocycles. The highest BCUT2D eigenvalue weighted by Crippen LogP contribution is 2.44. The summed E-state index contributed by atoms with van der Waals surface area (Å²) in [5.74, 6) is -8.42. The standard InChI is InChI=1S/C15H13Cl2F5N4O3S/c1-4-11(27)26(30(3,28)29)10-5-7(8(16)6-9(10)17)12-23-24-13(25(12)2)14(18,19)15(20,21)22/h5-6H,4H2,1-3H3. The predicted molar refractivity (Wildman–Crippen MR) is 99.0 cm³/mol. The summed E-state index contributed by atoms with van der Waals surface area (Å²) in [7, 11) is -3.32. The number of anilines is 1. The molecule has 0 unspecified atom stereocenters. The van der Waals surface area contributed by atoms with Gasteiger partial charge in [-0.15, -0.1) is 10.2 Å². The molecule has 7 nitrogen and oxygen atoms in total. The number of amides is 1. The Balaban J connectivity index is 2.75. The van der Waals surface area contributed by atoms with E-state index in [2.05, 4.69) is 10.2 Å². The van der Waals surface area contributed by atoms with Gasteiger partial charge in [-0.2, -0.15) is 22.0 Å². The van der Waals surface area contributed by atoms with Gasteiger partial charge in [-0.3, -0.25) is 4.79 Å². The Morgan fingerprint density at radius 3 is 2.17 bits per heavy atom. The van der Waals surface area contributed by atoms with Gasteiger partial charge in [0.05, 0.1) is 22.0 Å². The first-order valence-electron chi connectivity index (χ1n) is 7.91. The van der Waals surface area contributed by atoms with Gasteiger partial charge < -0.3 is 4.57 Å². The number of hydrogen-bond acceptors (Lipinski definition) is 5. The summed E-state index contributed by atoms with van der Waals surface area (Å²) in [5.41, 5.74) is -0.648. The lowest BCUT2D eigenvalue weighted by Gasteiger charge is -2.22. The van der Waals surface area contributed by atoms with Crippen molar-refractivity contribution in [3.05, 3.63) is 28.0 Å². The van der Waals surface area contributed by atoms with Crippen LogP contribution in [0, 0.1) is 0 Å². The second kappa shape index (κ2) is 7.93. The fraction of sp³-hybridized carbons (Fsp3) is 0.400. The molecule has 1 aromatic heterocycles. The number of carbonyl (C=O) groups excluding carboxylic acids is 1. The van der Waals surface area contributed by atoms with E-state index in [1.54, 1.807) is 0 Å². The normalized spacial score (nSPS) is 12.9. The predicted octanol–water partition coefficient (Wildman–Crippen LogP) is 4.15. The van der Waals surface area contributed by atoms with Gasteiger partial charge >= 0.3 is 12.1 Å². The third kappa shape index (κ3) is 4.23. The van der Waals surface area contributed by atoms with Crippen LogP contribution in [0.4, 0.5) is 27.6 Å². The number of halogens is 7. The monoisotopic (exact) mass is 494 g/mol. The Hall–Kier alpha value is -1.99. The lowest BCUT2D eigenvalue weighted by atomic mass is 10.1. The van der Waals surface area contributed by atoms with E-state index in [1.165, 1.54) is 6.92 Å². The van der Waals surface area contributed by atoms with E-state index >= 15 is 0 Å². The largest absolute Gasteiger partial charge is 0.461 e. The van der Waals surface area contributed by atoms with E-state index < -0.39 is 39.7 Å². The number of carbonyl (C=O) groups is 1. The number of benzene rings is 1. The van der Waals surface area contributed by atoms with Crippen LogP contribution in [0.3, 0.4) is 0 Å². The van der Waals surface area contributed by atoms with Crippen molar-refractivity contribution in [1.29, 1.82) is 0 Å². The summed E-state index contributed by atoms with van der Waals surface area (Å²) >= 11 is 12.0. The number of aromatic nitrogens is 3. The van der Waals surface area contributed by atoms with Crippen LogP contribution in [0.1, 0.15) is 19.2 Å². The number of alkyl halides is 5. The zero-order valence-electron chi connectivity index (χ0n) is 15.4. The Morgan fingerprint density at radius 2 is 1.70 bits per heavy atom. The van der Waals surface area contributed by atoms with Crippen LogP contribution in [0.25, 0.3) is 11.4 Å². The number of hydrogen-bond donors (Lipinski definition) is 0. The molecule has 1 amide bonds. The highest BCUT2D eigenvalue weighted by atomic mass is 35.5. The van der Waals surface area contributed by atoms with Crippen molar-refractivity contribution in [2.24, 2.45) is 7.05 Å². The van der Waals surface area contributed by atoms with Crippen LogP contribution in [0.5, 0.6) is 0 Å². The smallest absolute Gasteiger partial charge is 0.309 e. The molecule has 2 rings (SSSR count). The molecule has 1 heterocycles. The summed E-state index contributed by atoms with van der Waals surface area (Å²) in [6, 6.07) is 1.95. The van der Waals surface area contributed by atoms with E-state index in [1.807, 2.05) is 0 Å². The van der Waals surface area contributed by atoms with Crippen LogP contribution < -0.4 is 4.31 Å². The molecule has 166 valence electrons. The van der Waals surface area contributed by atoms with E-state index in [4.69, 9.17) is 23.2 Å². The van der Waals surface area contributed by atoms with Gasteiger partial charge in [0.2, 0.25) is 21.8 Å². The van der Waals surface area contributed by atoms with Gasteiger partial charge in [0.25, 0.3) is 0 Å². The average Bonchev–Trinajstić information content (AvgIpc) is 2.96. The number of nitrogens with zero attached hydrogens (tertiary/aromatic N) is 4. The van der Waals surface area contributed by atoms with Gasteiger partial charge in [0.1, 0.15) is 0 Å². The molecule has 15 heteroatoms. The van der Waals surface area contributed by atoms with Crippen LogP contribution in [0.15, 0.2) is 12.1 Å².